The van der Waals surface area contributed by atoms with E-state index in [-0.39, 0.29) is 18.2 Å². The van der Waals surface area contributed by atoms with E-state index < -0.39 is 17.8 Å². The van der Waals surface area contributed by atoms with Crippen LogP contribution in [0.5, 0.6) is 23.0 Å². The Morgan fingerprint density at radius 3 is 0.956 bits per heavy atom. The number of anilines is 2. The molecule has 0 unspecified atom stereocenters. The van der Waals surface area contributed by atoms with Crippen LogP contribution in [0, 0.1) is 6.92 Å². The van der Waals surface area contributed by atoms with Gasteiger partial charge in [0.15, 0.2) is 0 Å². The summed E-state index contributed by atoms with van der Waals surface area (Å²) in [5.74, 6) is 1.13. The molecular formula is C101H158N4O9. The van der Waals surface area contributed by atoms with E-state index >= 15 is 0 Å². The second-order valence-corrected chi connectivity index (χ2v) is 33.0. The minimum Gasteiger partial charge on any atom is -0.493 e. The lowest BCUT2D eigenvalue weighted by Gasteiger charge is -2.18. The first kappa shape index (κ1) is 96.0. The predicted octanol–water partition coefficient (Wildman–Crippen LogP) is 30.2. The number of aromatic nitrogens is 1. The molecule has 0 fully saturated rings. The number of nitrogens with zero attached hydrogens (tertiary/aromatic N) is 2. The molecule has 636 valence electrons. The zero-order valence-electron chi connectivity index (χ0n) is 72.7. The van der Waals surface area contributed by atoms with E-state index in [1.165, 1.54) is 308 Å². The number of benzene rings is 4. The molecule has 1 aromatic heterocycles. The molecule has 2 amide bonds. The maximum atomic E-state index is 15.0. The summed E-state index contributed by atoms with van der Waals surface area (Å²) < 4.78 is 38.0. The Morgan fingerprint density at radius 1 is 0.351 bits per heavy atom. The molecular weight excluding hydrogens is 1410 g/mol. The summed E-state index contributed by atoms with van der Waals surface area (Å²) in [6, 6.07) is 29.4. The Hall–Kier alpha value is -6.89. The molecule has 0 radical (unpaired) electrons. The largest absolute Gasteiger partial charge is 0.493 e. The first-order valence-electron chi connectivity index (χ1n) is 47.2. The van der Waals surface area contributed by atoms with Crippen molar-refractivity contribution in [1.82, 2.24) is 4.98 Å². The Bertz CT molecular complexity index is 3060. The Morgan fingerprint density at radius 2 is 0.649 bits per heavy atom. The lowest BCUT2D eigenvalue weighted by molar-refractivity contribution is 0.0467. The van der Waals surface area contributed by atoms with Gasteiger partial charge in [0, 0.05) is 34.6 Å². The molecule has 1 aliphatic heterocycles. The van der Waals surface area contributed by atoms with Crippen LogP contribution in [-0.2, 0) is 16.1 Å². The van der Waals surface area contributed by atoms with E-state index in [9.17, 15) is 14.4 Å². The zero-order chi connectivity index (χ0) is 80.6. The van der Waals surface area contributed by atoms with Crippen molar-refractivity contribution in [2.75, 3.05) is 43.7 Å². The SMILES string of the molecule is CCCCCCCCCCCCCCCCOc1cc(OCCCCCCCCCCCCCCCC)cc(C(=O)Nc2cc(C(=O)OCc3cccc(C4=N[C@H](c5ccccc5)CO4)n3)cc(NC(=O)c3cc(OCCCCCCCCCCCCCCCC)cc(OCCCCCCCCCCCCCCCC)c3)c2C)c1. The van der Waals surface area contributed by atoms with Gasteiger partial charge in [0.05, 0.1) is 37.7 Å². The summed E-state index contributed by atoms with van der Waals surface area (Å²) in [7, 11) is 0. The van der Waals surface area contributed by atoms with Gasteiger partial charge >= 0.3 is 5.97 Å². The summed E-state index contributed by atoms with van der Waals surface area (Å²) in [6.45, 7) is 13.3. The minimum atomic E-state index is -0.678. The van der Waals surface area contributed by atoms with E-state index in [1.807, 2.05) is 61.5 Å². The van der Waals surface area contributed by atoms with Crippen molar-refractivity contribution in [3.05, 3.63) is 136 Å². The number of rotatable bonds is 73. The summed E-state index contributed by atoms with van der Waals surface area (Å²) in [6.07, 6.45) is 71.3. The predicted molar refractivity (Wildman–Crippen MR) is 478 cm³/mol. The van der Waals surface area contributed by atoms with Crippen molar-refractivity contribution in [2.24, 2.45) is 4.99 Å². The second kappa shape index (κ2) is 64.2. The zero-order valence-corrected chi connectivity index (χ0v) is 72.7. The summed E-state index contributed by atoms with van der Waals surface area (Å²) in [5, 5.41) is 6.31. The number of hydrogen-bond donors (Lipinski definition) is 2. The van der Waals surface area contributed by atoms with Crippen molar-refractivity contribution in [2.45, 2.75) is 407 Å². The molecule has 6 rings (SSSR count). The topological polar surface area (TPSA) is 156 Å². The maximum absolute atomic E-state index is 15.0. The molecule has 114 heavy (non-hydrogen) atoms. The number of carbonyl (C=O) groups is 3. The van der Waals surface area contributed by atoms with Crippen LogP contribution < -0.4 is 29.6 Å². The van der Waals surface area contributed by atoms with Crippen LogP contribution in [0.4, 0.5) is 11.4 Å². The number of amides is 2. The van der Waals surface area contributed by atoms with Gasteiger partial charge in [0.1, 0.15) is 47.9 Å². The van der Waals surface area contributed by atoms with E-state index in [0.29, 0.717) is 101 Å². The third-order valence-electron chi connectivity index (χ3n) is 22.7. The normalized spacial score (nSPS) is 12.6. The number of hydrogen-bond acceptors (Lipinski definition) is 11. The lowest BCUT2D eigenvalue weighted by atomic mass is 10.0. The highest BCUT2D eigenvalue weighted by Crippen LogP contribution is 2.33. The number of carbonyl (C=O) groups excluding carboxylic acids is 3. The van der Waals surface area contributed by atoms with Crippen LogP contribution in [0.2, 0.25) is 0 Å². The van der Waals surface area contributed by atoms with Crippen molar-refractivity contribution >= 4 is 35.1 Å². The minimum absolute atomic E-state index is 0.112. The second-order valence-electron chi connectivity index (χ2n) is 33.0. The first-order valence-corrected chi connectivity index (χ1v) is 47.2. The maximum Gasteiger partial charge on any atom is 0.338 e. The Labute approximate surface area is 693 Å². The first-order chi connectivity index (χ1) is 56.2. The van der Waals surface area contributed by atoms with Crippen LogP contribution in [0.3, 0.4) is 0 Å². The molecule has 0 aliphatic carbocycles. The van der Waals surface area contributed by atoms with Crippen molar-refractivity contribution < 1.29 is 42.8 Å². The standard InChI is InChI=1S/C101H158N4O9/c1-6-10-14-18-22-26-30-34-38-42-46-50-54-61-70-109-90-74-86(75-91(80-90)110-71-62-55-51-47-43-39-35-31-27-23-19-15-11-7-2)98(106)103-95-78-88(101(108)114-82-89-68-65-69-94(102-89)100-105-97(83-113-100)85-66-59-58-60-67-85)79-96(84(95)5)104-99(107)87-76-92(111-72-63-56-52-48-44-40-36-32-28-24-20-16-12-8-3)81-93(77-87)112-73-64-57-53-49-45-41-37-33-29-25-21-17-13-9-4/h58-60,65-69,74-81,97H,6-57,61-64,70-73,82-83H2,1-5H3,(H,103,106)(H,104,107)/t97-/m0/s1. The average Bonchev–Trinajstić information content (AvgIpc) is 0.832. The van der Waals surface area contributed by atoms with E-state index in [4.69, 9.17) is 38.4 Å². The van der Waals surface area contributed by atoms with E-state index in [2.05, 4.69) is 38.3 Å². The molecule has 1 atom stereocenters. The van der Waals surface area contributed by atoms with Gasteiger partial charge in [0.25, 0.3) is 11.8 Å². The van der Waals surface area contributed by atoms with Crippen molar-refractivity contribution in [1.29, 1.82) is 0 Å². The highest BCUT2D eigenvalue weighted by Gasteiger charge is 2.25. The van der Waals surface area contributed by atoms with E-state index in [0.717, 1.165) is 56.9 Å². The van der Waals surface area contributed by atoms with Crippen LogP contribution in [-0.4, -0.2) is 61.7 Å². The number of pyridine rings is 1. The molecule has 4 aromatic carbocycles. The van der Waals surface area contributed by atoms with Gasteiger partial charge in [-0.15, -0.1) is 0 Å². The molecule has 0 spiro atoms. The van der Waals surface area contributed by atoms with Gasteiger partial charge in [-0.2, -0.15) is 0 Å². The number of ether oxygens (including phenoxy) is 6. The Balaban J connectivity index is 1.17. The fraction of sp³-hybridized carbons (Fsp3) is 0.673. The molecule has 5 aromatic rings. The number of aliphatic imine (C=N–C) groups is 1. The summed E-state index contributed by atoms with van der Waals surface area (Å²) >= 11 is 0. The van der Waals surface area contributed by atoms with Gasteiger partial charge in [-0.05, 0) is 92.3 Å². The molecule has 0 saturated heterocycles. The van der Waals surface area contributed by atoms with Crippen LogP contribution in [0.15, 0.2) is 102 Å². The van der Waals surface area contributed by atoms with Gasteiger partial charge in [-0.3, -0.25) is 9.59 Å². The van der Waals surface area contributed by atoms with Gasteiger partial charge in [-0.1, -0.05) is 398 Å². The molecule has 2 heterocycles. The molecule has 13 heteroatoms. The highest BCUT2D eigenvalue weighted by molar-refractivity contribution is 6.09. The average molecular weight is 1570 g/mol. The van der Waals surface area contributed by atoms with E-state index in [1.54, 1.807) is 42.5 Å². The van der Waals surface area contributed by atoms with Crippen molar-refractivity contribution in [3.63, 3.8) is 0 Å². The molecule has 1 aliphatic rings. The molecule has 0 bridgehead atoms. The molecule has 13 nitrogen and oxygen atoms in total. The molecule has 0 saturated carbocycles. The smallest absolute Gasteiger partial charge is 0.338 e. The van der Waals surface area contributed by atoms with Gasteiger partial charge in [-0.25, -0.2) is 14.8 Å². The third kappa shape index (κ3) is 43.9. The third-order valence-corrected chi connectivity index (χ3v) is 22.7. The van der Waals surface area contributed by atoms with Crippen LogP contribution >= 0.6 is 0 Å². The van der Waals surface area contributed by atoms with Gasteiger partial charge in [0.2, 0.25) is 5.90 Å². The van der Waals surface area contributed by atoms with Crippen LogP contribution in [0.25, 0.3) is 0 Å². The lowest BCUT2D eigenvalue weighted by Crippen LogP contribution is -2.18. The monoisotopic (exact) mass is 1570 g/mol. The summed E-state index contributed by atoms with van der Waals surface area (Å²) in [5.41, 5.74) is 4.04. The number of nitrogens with one attached hydrogen (secondary N) is 2. The summed E-state index contributed by atoms with van der Waals surface area (Å²) in [4.78, 5) is 54.2. The quantitative estimate of drug-likeness (QED) is 0.0284. The fourth-order valence-electron chi connectivity index (χ4n) is 15.4. The van der Waals surface area contributed by atoms with Crippen molar-refractivity contribution in [3.8, 4) is 23.0 Å². The number of unbranched alkanes of at least 4 members (excludes halogenated alkanes) is 52. The van der Waals surface area contributed by atoms with Crippen LogP contribution in [0.1, 0.15) is 447 Å². The fourth-order valence-corrected chi connectivity index (χ4v) is 15.4. The van der Waals surface area contributed by atoms with Gasteiger partial charge < -0.3 is 39.1 Å². The number of esters is 1. The highest BCUT2D eigenvalue weighted by atomic mass is 16.5. The Kier molecular flexibility index (Phi) is 54.1. The molecule has 2 N–H and O–H groups in total.